The first-order valence-corrected chi connectivity index (χ1v) is 3.01. The molecule has 0 radical (unpaired) electrons. The lowest BCUT2D eigenvalue weighted by Gasteiger charge is -2.12. The normalized spacial score (nSPS) is 15.1. The Morgan fingerprint density at radius 3 is 2.11 bits per heavy atom. The zero-order chi connectivity index (χ0) is 7.65. The number of rotatable bonds is 2. The van der Waals surface area contributed by atoms with Gasteiger partial charge in [0.1, 0.15) is 5.92 Å². The second-order valence-electron chi connectivity index (χ2n) is 1.67. The van der Waals surface area contributed by atoms with Crippen LogP contribution in [0.1, 0.15) is 6.92 Å². The van der Waals surface area contributed by atoms with Gasteiger partial charge in [-0.25, -0.2) is 0 Å². The van der Waals surface area contributed by atoms with E-state index < -0.39 is 16.7 Å². The minimum Gasteiger partial charge on any atom is -0.369 e. The van der Waals surface area contributed by atoms with E-state index in [1.165, 1.54) is 0 Å². The summed E-state index contributed by atoms with van der Waals surface area (Å²) in [7, 11) is 0. The van der Waals surface area contributed by atoms with Crippen molar-refractivity contribution in [3.63, 3.8) is 0 Å². The fourth-order valence-electron chi connectivity index (χ4n) is 0.161. The Labute approximate surface area is 59.5 Å². The molecule has 0 aromatic rings. The Bertz CT molecular complexity index is 122. The maximum Gasteiger partial charge on any atom is 0.312 e. The van der Waals surface area contributed by atoms with Crippen LogP contribution in [-0.4, -0.2) is 10.7 Å². The fourth-order valence-corrected chi connectivity index (χ4v) is 0.387. The molecule has 2 N–H and O–H groups in total. The number of carbonyl (C=O) groups excluding carboxylic acids is 1. The highest BCUT2D eigenvalue weighted by Gasteiger charge is 2.36. The van der Waals surface area contributed by atoms with Crippen molar-refractivity contribution in [3.8, 4) is 0 Å². The van der Waals surface area contributed by atoms with Crippen LogP contribution in [0.4, 0.5) is 8.78 Å². The minimum atomic E-state index is -3.18. The van der Waals surface area contributed by atoms with E-state index in [2.05, 4.69) is 5.73 Å². The number of halogens is 3. The summed E-state index contributed by atoms with van der Waals surface area (Å²) >= 11 is 2.01. The first-order chi connectivity index (χ1) is 3.85. The number of hydrogen-bond acceptors (Lipinski definition) is 1. The molecule has 0 saturated carbocycles. The van der Waals surface area contributed by atoms with Crippen LogP contribution in [0.15, 0.2) is 0 Å². The SMILES string of the molecule is CC(C(N)=O)C(F)(F)Br. The zero-order valence-corrected chi connectivity index (χ0v) is 6.28. The molecule has 0 spiro atoms. The summed E-state index contributed by atoms with van der Waals surface area (Å²) in [5.74, 6) is -2.48. The molecule has 0 heterocycles. The highest BCUT2D eigenvalue weighted by molar-refractivity contribution is 9.10. The van der Waals surface area contributed by atoms with Gasteiger partial charge in [0.05, 0.1) is 0 Å². The third-order valence-electron chi connectivity index (χ3n) is 0.918. The maximum absolute atomic E-state index is 12.0. The molecule has 1 amide bonds. The summed E-state index contributed by atoms with van der Waals surface area (Å²) in [5, 5.41) is 0. The van der Waals surface area contributed by atoms with Crippen molar-refractivity contribution in [2.45, 2.75) is 11.8 Å². The number of hydrogen-bond donors (Lipinski definition) is 1. The van der Waals surface area contributed by atoms with Crippen molar-refractivity contribution < 1.29 is 13.6 Å². The van der Waals surface area contributed by atoms with E-state index in [4.69, 9.17) is 0 Å². The average molecular weight is 202 g/mol. The van der Waals surface area contributed by atoms with Gasteiger partial charge in [-0.2, -0.15) is 8.78 Å². The van der Waals surface area contributed by atoms with Gasteiger partial charge in [0, 0.05) is 0 Å². The van der Waals surface area contributed by atoms with Crippen LogP contribution in [0, 0.1) is 5.92 Å². The standard InChI is InChI=1S/C4H6BrF2NO/c1-2(3(8)9)4(5,6)7/h2H,1H3,(H2,8,9). The summed E-state index contributed by atoms with van der Waals surface area (Å²) in [5.41, 5.74) is 4.57. The molecule has 54 valence electrons. The number of amides is 1. The number of carbonyl (C=O) groups is 1. The highest BCUT2D eigenvalue weighted by atomic mass is 79.9. The molecule has 9 heavy (non-hydrogen) atoms. The van der Waals surface area contributed by atoms with Gasteiger partial charge in [0.2, 0.25) is 5.91 Å². The summed E-state index contributed by atoms with van der Waals surface area (Å²) in [6.45, 7) is 1.05. The van der Waals surface area contributed by atoms with E-state index in [0.29, 0.717) is 0 Å². The maximum atomic E-state index is 12.0. The number of primary amides is 1. The second kappa shape index (κ2) is 2.60. The summed E-state index contributed by atoms with van der Waals surface area (Å²) in [6.07, 6.45) is 0. The molecule has 0 aliphatic heterocycles. The van der Waals surface area contributed by atoms with Crippen LogP contribution in [0.5, 0.6) is 0 Å². The Morgan fingerprint density at radius 1 is 1.78 bits per heavy atom. The zero-order valence-electron chi connectivity index (χ0n) is 4.70. The predicted molar refractivity (Wildman–Crippen MR) is 32.2 cm³/mol. The van der Waals surface area contributed by atoms with Crippen molar-refractivity contribution in [2.75, 3.05) is 0 Å². The first kappa shape index (κ1) is 8.81. The van der Waals surface area contributed by atoms with Gasteiger partial charge in [0.25, 0.3) is 0 Å². The molecule has 1 atom stereocenters. The Balaban J connectivity index is 4.04. The fraction of sp³-hybridized carbons (Fsp3) is 0.750. The number of nitrogens with two attached hydrogens (primary N) is 1. The third-order valence-corrected chi connectivity index (χ3v) is 1.60. The first-order valence-electron chi connectivity index (χ1n) is 2.21. The molecule has 1 unspecified atom stereocenters. The third kappa shape index (κ3) is 2.74. The Morgan fingerprint density at radius 2 is 2.11 bits per heavy atom. The summed E-state index contributed by atoms with van der Waals surface area (Å²) in [6, 6.07) is 0. The van der Waals surface area contributed by atoms with E-state index in [0.717, 1.165) is 6.92 Å². The number of alkyl halides is 3. The van der Waals surface area contributed by atoms with Gasteiger partial charge in [0.15, 0.2) is 0 Å². The van der Waals surface area contributed by atoms with Gasteiger partial charge in [-0.15, -0.1) is 0 Å². The van der Waals surface area contributed by atoms with Crippen LogP contribution in [0.25, 0.3) is 0 Å². The van der Waals surface area contributed by atoms with E-state index in [9.17, 15) is 13.6 Å². The highest BCUT2D eigenvalue weighted by Crippen LogP contribution is 2.30. The molecule has 0 saturated heterocycles. The van der Waals surface area contributed by atoms with Crippen molar-refractivity contribution in [1.29, 1.82) is 0 Å². The lowest BCUT2D eigenvalue weighted by Crippen LogP contribution is -2.31. The molecular weight excluding hydrogens is 196 g/mol. The lowest BCUT2D eigenvalue weighted by molar-refractivity contribution is -0.126. The molecule has 5 heteroatoms. The molecule has 0 bridgehead atoms. The van der Waals surface area contributed by atoms with Crippen LogP contribution < -0.4 is 5.73 Å². The van der Waals surface area contributed by atoms with Crippen LogP contribution in [0.2, 0.25) is 0 Å². The average Bonchev–Trinajstić information content (AvgIpc) is 1.62. The van der Waals surface area contributed by atoms with Gasteiger partial charge in [-0.1, -0.05) is 0 Å². The minimum absolute atomic E-state index is 1.02. The molecule has 0 aromatic carbocycles. The molecule has 0 aliphatic rings. The summed E-state index contributed by atoms with van der Waals surface area (Å²) < 4.78 is 24.0. The predicted octanol–water partition coefficient (Wildman–Crippen LogP) is 1.10. The smallest absolute Gasteiger partial charge is 0.312 e. The molecule has 0 fully saturated rings. The monoisotopic (exact) mass is 201 g/mol. The van der Waals surface area contributed by atoms with Crippen molar-refractivity contribution >= 4 is 21.8 Å². The van der Waals surface area contributed by atoms with Crippen LogP contribution >= 0.6 is 15.9 Å². The topological polar surface area (TPSA) is 43.1 Å². The lowest BCUT2D eigenvalue weighted by atomic mass is 10.2. The van der Waals surface area contributed by atoms with E-state index in [1.54, 1.807) is 0 Å². The van der Waals surface area contributed by atoms with Gasteiger partial charge in [-0.3, -0.25) is 4.79 Å². The van der Waals surface area contributed by atoms with Crippen molar-refractivity contribution in [2.24, 2.45) is 11.7 Å². The van der Waals surface area contributed by atoms with Gasteiger partial charge < -0.3 is 5.73 Å². The Hall–Kier alpha value is -0.190. The van der Waals surface area contributed by atoms with Crippen molar-refractivity contribution in [1.82, 2.24) is 0 Å². The molecule has 0 aromatic heterocycles. The molecular formula is C4H6BrF2NO. The van der Waals surface area contributed by atoms with E-state index >= 15 is 0 Å². The molecule has 0 rings (SSSR count). The van der Waals surface area contributed by atoms with Crippen LogP contribution in [-0.2, 0) is 4.79 Å². The van der Waals surface area contributed by atoms with Gasteiger partial charge in [-0.05, 0) is 22.9 Å². The second-order valence-corrected chi connectivity index (χ2v) is 2.72. The Kier molecular flexibility index (Phi) is 2.54. The van der Waals surface area contributed by atoms with Crippen LogP contribution in [0.3, 0.4) is 0 Å². The molecule has 0 aliphatic carbocycles. The summed E-state index contributed by atoms with van der Waals surface area (Å²) in [4.78, 5) is 6.88. The van der Waals surface area contributed by atoms with E-state index in [1.807, 2.05) is 15.9 Å². The van der Waals surface area contributed by atoms with E-state index in [-0.39, 0.29) is 0 Å². The van der Waals surface area contributed by atoms with Crippen molar-refractivity contribution in [3.05, 3.63) is 0 Å². The molecule has 2 nitrogen and oxygen atoms in total. The quantitative estimate of drug-likeness (QED) is 0.669. The largest absolute Gasteiger partial charge is 0.369 e. The van der Waals surface area contributed by atoms with Gasteiger partial charge >= 0.3 is 4.83 Å².